The molecule has 90 valence electrons. The second-order valence-corrected chi connectivity index (χ2v) is 5.23. The zero-order valence-corrected chi connectivity index (χ0v) is 11.4. The molecule has 0 bridgehead atoms. The number of aliphatic hydroxyl groups is 1. The minimum Gasteiger partial charge on any atom is -0.388 e. The van der Waals surface area contributed by atoms with Crippen molar-refractivity contribution in [1.82, 2.24) is 10.3 Å². The third-order valence-corrected chi connectivity index (χ3v) is 2.75. The summed E-state index contributed by atoms with van der Waals surface area (Å²) in [4.78, 5) is 4.26. The Morgan fingerprint density at radius 1 is 1.50 bits per heavy atom. The van der Waals surface area contributed by atoms with Crippen LogP contribution in [0.5, 0.6) is 0 Å². The zero-order chi connectivity index (χ0) is 12.0. The first-order valence-corrected chi connectivity index (χ1v) is 6.36. The van der Waals surface area contributed by atoms with Crippen LogP contribution in [-0.4, -0.2) is 28.8 Å². The molecule has 0 fully saturated rings. The smallest absolute Gasteiger partial charge is 0.0798 e. The van der Waals surface area contributed by atoms with Gasteiger partial charge >= 0.3 is 0 Å². The minimum atomic E-state index is -0.740. The van der Waals surface area contributed by atoms with Gasteiger partial charge in [0.05, 0.1) is 5.60 Å². The SMILES string of the molecule is CCCNCC(C)(O)Cc1ccc(Br)cn1. The molecule has 1 unspecified atom stereocenters. The van der Waals surface area contributed by atoms with Gasteiger partial charge in [0, 0.05) is 29.3 Å². The van der Waals surface area contributed by atoms with Crippen molar-refractivity contribution in [3.63, 3.8) is 0 Å². The van der Waals surface area contributed by atoms with E-state index in [1.165, 1.54) is 0 Å². The van der Waals surface area contributed by atoms with Gasteiger partial charge < -0.3 is 10.4 Å². The van der Waals surface area contributed by atoms with E-state index in [4.69, 9.17) is 0 Å². The van der Waals surface area contributed by atoms with Crippen molar-refractivity contribution < 1.29 is 5.11 Å². The molecular formula is C12H19BrN2O. The summed E-state index contributed by atoms with van der Waals surface area (Å²) >= 11 is 3.34. The lowest BCUT2D eigenvalue weighted by atomic mass is 10.00. The highest BCUT2D eigenvalue weighted by Gasteiger charge is 2.20. The minimum absolute atomic E-state index is 0.566. The van der Waals surface area contributed by atoms with Gasteiger partial charge in [0.2, 0.25) is 0 Å². The van der Waals surface area contributed by atoms with E-state index in [1.54, 1.807) is 6.20 Å². The average Bonchev–Trinajstić information content (AvgIpc) is 2.21. The lowest BCUT2D eigenvalue weighted by Crippen LogP contribution is -2.40. The second-order valence-electron chi connectivity index (χ2n) is 4.32. The fourth-order valence-electron chi connectivity index (χ4n) is 1.50. The van der Waals surface area contributed by atoms with Gasteiger partial charge in [-0.2, -0.15) is 0 Å². The Morgan fingerprint density at radius 2 is 2.25 bits per heavy atom. The summed E-state index contributed by atoms with van der Waals surface area (Å²) in [6.07, 6.45) is 3.40. The molecule has 1 atom stereocenters. The van der Waals surface area contributed by atoms with Crippen molar-refractivity contribution in [2.75, 3.05) is 13.1 Å². The average molecular weight is 287 g/mol. The van der Waals surface area contributed by atoms with Crippen LogP contribution < -0.4 is 5.32 Å². The number of nitrogens with zero attached hydrogens (tertiary/aromatic N) is 1. The fraction of sp³-hybridized carbons (Fsp3) is 0.583. The van der Waals surface area contributed by atoms with E-state index in [0.717, 1.165) is 23.1 Å². The Hall–Kier alpha value is -0.450. The number of hydrogen-bond acceptors (Lipinski definition) is 3. The lowest BCUT2D eigenvalue weighted by Gasteiger charge is -2.23. The van der Waals surface area contributed by atoms with Gasteiger partial charge in [-0.3, -0.25) is 4.98 Å². The third-order valence-electron chi connectivity index (χ3n) is 2.28. The van der Waals surface area contributed by atoms with Crippen molar-refractivity contribution in [3.05, 3.63) is 28.5 Å². The van der Waals surface area contributed by atoms with Gasteiger partial charge in [0.1, 0.15) is 0 Å². The second kappa shape index (κ2) is 6.33. The third kappa shape index (κ3) is 5.05. The van der Waals surface area contributed by atoms with Crippen LogP contribution in [0, 0.1) is 0 Å². The summed E-state index contributed by atoms with van der Waals surface area (Å²) < 4.78 is 0.958. The Morgan fingerprint density at radius 3 is 2.81 bits per heavy atom. The lowest BCUT2D eigenvalue weighted by molar-refractivity contribution is 0.0594. The molecule has 0 radical (unpaired) electrons. The van der Waals surface area contributed by atoms with Crippen LogP contribution in [0.1, 0.15) is 26.0 Å². The van der Waals surface area contributed by atoms with Gasteiger partial charge in [0.25, 0.3) is 0 Å². The molecule has 2 N–H and O–H groups in total. The molecule has 4 heteroatoms. The number of aromatic nitrogens is 1. The largest absolute Gasteiger partial charge is 0.388 e. The summed E-state index contributed by atoms with van der Waals surface area (Å²) in [6, 6.07) is 3.87. The summed E-state index contributed by atoms with van der Waals surface area (Å²) in [5.74, 6) is 0. The summed E-state index contributed by atoms with van der Waals surface area (Å²) in [5.41, 5.74) is 0.169. The van der Waals surface area contributed by atoms with Crippen LogP contribution in [-0.2, 0) is 6.42 Å². The quantitative estimate of drug-likeness (QED) is 0.788. The maximum absolute atomic E-state index is 10.1. The van der Waals surface area contributed by atoms with Gasteiger partial charge in [-0.15, -0.1) is 0 Å². The normalized spacial score (nSPS) is 14.8. The first-order chi connectivity index (χ1) is 7.53. The Balaban J connectivity index is 2.48. The number of rotatable bonds is 6. The topological polar surface area (TPSA) is 45.1 Å². The Bertz CT molecular complexity index is 311. The van der Waals surface area contributed by atoms with E-state index >= 15 is 0 Å². The maximum Gasteiger partial charge on any atom is 0.0798 e. The number of hydrogen-bond donors (Lipinski definition) is 2. The molecule has 1 heterocycles. The van der Waals surface area contributed by atoms with Crippen LogP contribution in [0.2, 0.25) is 0 Å². The van der Waals surface area contributed by atoms with E-state index in [2.05, 4.69) is 33.2 Å². The molecule has 0 aliphatic carbocycles. The van der Waals surface area contributed by atoms with Crippen molar-refractivity contribution in [1.29, 1.82) is 0 Å². The van der Waals surface area contributed by atoms with Crippen LogP contribution in [0.4, 0.5) is 0 Å². The Labute approximate surface area is 105 Å². The van der Waals surface area contributed by atoms with E-state index in [0.29, 0.717) is 13.0 Å². The van der Waals surface area contributed by atoms with Gasteiger partial charge in [-0.1, -0.05) is 6.92 Å². The monoisotopic (exact) mass is 286 g/mol. The van der Waals surface area contributed by atoms with Crippen LogP contribution >= 0.6 is 15.9 Å². The fourth-order valence-corrected chi connectivity index (χ4v) is 1.73. The molecule has 1 aromatic rings. The molecule has 0 aliphatic heterocycles. The van der Waals surface area contributed by atoms with Gasteiger partial charge in [-0.25, -0.2) is 0 Å². The molecule has 0 spiro atoms. The predicted octanol–water partition coefficient (Wildman–Crippen LogP) is 2.14. The molecule has 0 aromatic carbocycles. The molecule has 1 rings (SSSR count). The van der Waals surface area contributed by atoms with Crippen molar-refractivity contribution >= 4 is 15.9 Å². The predicted molar refractivity (Wildman–Crippen MR) is 69.4 cm³/mol. The Kier molecular flexibility index (Phi) is 5.38. The van der Waals surface area contributed by atoms with E-state index in [1.807, 2.05) is 19.1 Å². The summed E-state index contributed by atoms with van der Waals surface area (Å²) in [5, 5.41) is 13.4. The van der Waals surface area contributed by atoms with Crippen LogP contribution in [0.25, 0.3) is 0 Å². The molecule has 0 saturated carbocycles. The number of nitrogens with one attached hydrogen (secondary N) is 1. The standard InChI is InChI=1S/C12H19BrN2O/c1-3-6-14-9-12(2,16)7-11-5-4-10(13)8-15-11/h4-5,8,14,16H,3,6-7,9H2,1-2H3. The molecule has 0 aliphatic rings. The van der Waals surface area contributed by atoms with Gasteiger partial charge in [0.15, 0.2) is 0 Å². The summed E-state index contributed by atoms with van der Waals surface area (Å²) in [6.45, 7) is 5.47. The van der Waals surface area contributed by atoms with Crippen molar-refractivity contribution in [3.8, 4) is 0 Å². The van der Waals surface area contributed by atoms with Crippen LogP contribution in [0.3, 0.4) is 0 Å². The molecule has 0 amide bonds. The first kappa shape index (κ1) is 13.6. The van der Waals surface area contributed by atoms with E-state index in [9.17, 15) is 5.11 Å². The molecule has 3 nitrogen and oxygen atoms in total. The highest BCUT2D eigenvalue weighted by atomic mass is 79.9. The van der Waals surface area contributed by atoms with Crippen molar-refractivity contribution in [2.45, 2.75) is 32.3 Å². The maximum atomic E-state index is 10.1. The molecular weight excluding hydrogens is 268 g/mol. The van der Waals surface area contributed by atoms with E-state index < -0.39 is 5.60 Å². The molecule has 0 saturated heterocycles. The first-order valence-electron chi connectivity index (χ1n) is 5.57. The number of halogens is 1. The molecule has 1 aromatic heterocycles. The molecule has 16 heavy (non-hydrogen) atoms. The van der Waals surface area contributed by atoms with Gasteiger partial charge in [-0.05, 0) is 48.0 Å². The van der Waals surface area contributed by atoms with Crippen molar-refractivity contribution in [2.24, 2.45) is 0 Å². The number of pyridine rings is 1. The zero-order valence-electron chi connectivity index (χ0n) is 9.83. The highest BCUT2D eigenvalue weighted by Crippen LogP contribution is 2.13. The van der Waals surface area contributed by atoms with E-state index in [-0.39, 0.29) is 0 Å². The van der Waals surface area contributed by atoms with Crippen LogP contribution in [0.15, 0.2) is 22.8 Å². The summed E-state index contributed by atoms with van der Waals surface area (Å²) in [7, 11) is 0. The highest BCUT2D eigenvalue weighted by molar-refractivity contribution is 9.10.